The lowest BCUT2D eigenvalue weighted by atomic mass is 10.1. The SMILES string of the molecule is NC(=O)NC1(C(=O)N(Cc2ccc3c(c2)CCO3)C2CCCC2)CC1. The number of carbonyl (C=O) groups excluding carboxylic acids is 2. The summed E-state index contributed by atoms with van der Waals surface area (Å²) in [6.45, 7) is 1.31. The van der Waals surface area contributed by atoms with Crippen molar-refractivity contribution in [3.63, 3.8) is 0 Å². The monoisotopic (exact) mass is 343 g/mol. The zero-order valence-electron chi connectivity index (χ0n) is 14.4. The predicted molar refractivity (Wildman–Crippen MR) is 93.1 cm³/mol. The van der Waals surface area contributed by atoms with Gasteiger partial charge in [-0.05, 0) is 42.9 Å². The number of fused-ring (bicyclic) bond motifs is 1. The highest BCUT2D eigenvalue weighted by Crippen LogP contribution is 2.40. The van der Waals surface area contributed by atoms with Gasteiger partial charge in [-0.15, -0.1) is 0 Å². The average Bonchev–Trinajstić information content (AvgIpc) is 3.03. The second-order valence-electron chi connectivity index (χ2n) is 7.48. The lowest BCUT2D eigenvalue weighted by Gasteiger charge is -2.33. The van der Waals surface area contributed by atoms with Gasteiger partial charge < -0.3 is 20.7 Å². The van der Waals surface area contributed by atoms with Crippen LogP contribution in [0.4, 0.5) is 4.79 Å². The topological polar surface area (TPSA) is 84.7 Å². The van der Waals surface area contributed by atoms with Gasteiger partial charge >= 0.3 is 6.03 Å². The first kappa shape index (κ1) is 16.2. The van der Waals surface area contributed by atoms with Crippen molar-refractivity contribution in [3.8, 4) is 5.75 Å². The molecule has 6 heteroatoms. The van der Waals surface area contributed by atoms with Crippen LogP contribution in [0, 0.1) is 0 Å². The molecule has 1 heterocycles. The first-order chi connectivity index (χ1) is 12.1. The molecule has 1 aromatic carbocycles. The number of carbonyl (C=O) groups is 2. The third-order valence-corrected chi connectivity index (χ3v) is 5.65. The molecule has 2 fully saturated rings. The molecule has 0 radical (unpaired) electrons. The number of nitrogens with two attached hydrogens (primary N) is 1. The summed E-state index contributed by atoms with van der Waals surface area (Å²) in [5.74, 6) is 0.978. The largest absolute Gasteiger partial charge is 0.493 e. The molecular weight excluding hydrogens is 318 g/mol. The van der Waals surface area contributed by atoms with E-state index in [2.05, 4.69) is 11.4 Å². The number of rotatable bonds is 5. The second kappa shape index (κ2) is 6.24. The summed E-state index contributed by atoms with van der Waals surface area (Å²) in [4.78, 5) is 26.5. The Morgan fingerprint density at radius 2 is 2.04 bits per heavy atom. The molecule has 6 nitrogen and oxygen atoms in total. The summed E-state index contributed by atoms with van der Waals surface area (Å²) in [5, 5.41) is 2.69. The number of hydrogen-bond donors (Lipinski definition) is 2. The average molecular weight is 343 g/mol. The van der Waals surface area contributed by atoms with E-state index in [1.165, 1.54) is 5.56 Å². The van der Waals surface area contributed by atoms with E-state index in [1.54, 1.807) is 0 Å². The molecule has 1 aliphatic heterocycles. The molecule has 3 aliphatic rings. The molecule has 0 aromatic heterocycles. The Kier molecular flexibility index (Phi) is 4.06. The first-order valence-corrected chi connectivity index (χ1v) is 9.21. The number of ether oxygens (including phenoxy) is 1. The second-order valence-corrected chi connectivity index (χ2v) is 7.48. The Morgan fingerprint density at radius 3 is 2.72 bits per heavy atom. The van der Waals surface area contributed by atoms with Crippen LogP contribution in [-0.2, 0) is 17.8 Å². The number of nitrogens with zero attached hydrogens (tertiary/aromatic N) is 1. The Labute approximate surface area is 147 Å². The summed E-state index contributed by atoms with van der Waals surface area (Å²) in [7, 11) is 0. The Bertz CT molecular complexity index is 693. The maximum absolute atomic E-state index is 13.2. The van der Waals surface area contributed by atoms with Gasteiger partial charge in [-0.25, -0.2) is 4.79 Å². The van der Waals surface area contributed by atoms with Crippen LogP contribution in [0.15, 0.2) is 18.2 Å². The van der Waals surface area contributed by atoms with E-state index in [9.17, 15) is 9.59 Å². The summed E-state index contributed by atoms with van der Waals surface area (Å²) in [6.07, 6.45) is 6.66. The van der Waals surface area contributed by atoms with Gasteiger partial charge in [0.2, 0.25) is 5.91 Å². The third-order valence-electron chi connectivity index (χ3n) is 5.65. The van der Waals surface area contributed by atoms with Crippen molar-refractivity contribution in [2.24, 2.45) is 5.73 Å². The van der Waals surface area contributed by atoms with E-state index in [1.807, 2.05) is 17.0 Å². The predicted octanol–water partition coefficient (Wildman–Crippen LogP) is 2.09. The Balaban J connectivity index is 1.56. The van der Waals surface area contributed by atoms with Gasteiger partial charge in [-0.2, -0.15) is 0 Å². The number of amides is 3. The van der Waals surface area contributed by atoms with E-state index in [0.29, 0.717) is 19.4 Å². The minimum atomic E-state index is -0.770. The fraction of sp³-hybridized carbons (Fsp3) is 0.579. The lowest BCUT2D eigenvalue weighted by Crippen LogP contribution is -2.54. The van der Waals surface area contributed by atoms with Gasteiger partial charge in [-0.3, -0.25) is 4.79 Å². The van der Waals surface area contributed by atoms with Crippen molar-refractivity contribution in [1.82, 2.24) is 10.2 Å². The number of nitrogens with one attached hydrogen (secondary N) is 1. The zero-order chi connectivity index (χ0) is 17.4. The van der Waals surface area contributed by atoms with Gasteiger partial charge in [0.25, 0.3) is 0 Å². The molecule has 25 heavy (non-hydrogen) atoms. The highest BCUT2D eigenvalue weighted by atomic mass is 16.5. The molecule has 0 saturated heterocycles. The quantitative estimate of drug-likeness (QED) is 0.858. The highest BCUT2D eigenvalue weighted by molar-refractivity contribution is 5.93. The van der Waals surface area contributed by atoms with Gasteiger partial charge in [0.1, 0.15) is 11.3 Å². The summed E-state index contributed by atoms with van der Waals surface area (Å²) < 4.78 is 5.57. The molecule has 3 amide bonds. The van der Waals surface area contributed by atoms with Crippen molar-refractivity contribution in [3.05, 3.63) is 29.3 Å². The normalized spacial score (nSPS) is 20.6. The van der Waals surface area contributed by atoms with Crippen LogP contribution in [0.1, 0.15) is 49.7 Å². The minimum Gasteiger partial charge on any atom is -0.493 e. The van der Waals surface area contributed by atoms with Gasteiger partial charge in [0.05, 0.1) is 6.61 Å². The third kappa shape index (κ3) is 3.17. The van der Waals surface area contributed by atoms with Crippen LogP contribution in [0.5, 0.6) is 5.75 Å². The van der Waals surface area contributed by atoms with E-state index < -0.39 is 11.6 Å². The fourth-order valence-corrected chi connectivity index (χ4v) is 4.15. The van der Waals surface area contributed by atoms with E-state index >= 15 is 0 Å². The van der Waals surface area contributed by atoms with E-state index in [0.717, 1.165) is 50.0 Å². The molecule has 2 aliphatic carbocycles. The number of benzene rings is 1. The van der Waals surface area contributed by atoms with Crippen LogP contribution in [0.3, 0.4) is 0 Å². The van der Waals surface area contributed by atoms with Gasteiger partial charge in [0.15, 0.2) is 0 Å². The summed E-state index contributed by atoms with van der Waals surface area (Å²) in [6, 6.07) is 5.83. The van der Waals surface area contributed by atoms with Crippen molar-refractivity contribution in [2.45, 2.75) is 63.1 Å². The zero-order valence-corrected chi connectivity index (χ0v) is 14.4. The molecule has 3 N–H and O–H groups in total. The van der Waals surface area contributed by atoms with Crippen molar-refractivity contribution in [1.29, 1.82) is 0 Å². The molecule has 0 spiro atoms. The fourth-order valence-electron chi connectivity index (χ4n) is 4.15. The molecule has 1 aromatic rings. The Morgan fingerprint density at radius 1 is 1.28 bits per heavy atom. The Hall–Kier alpha value is -2.24. The highest BCUT2D eigenvalue weighted by Gasteiger charge is 2.53. The van der Waals surface area contributed by atoms with Crippen LogP contribution in [-0.4, -0.2) is 35.0 Å². The van der Waals surface area contributed by atoms with Gasteiger partial charge in [-0.1, -0.05) is 25.0 Å². The maximum atomic E-state index is 13.2. The molecule has 134 valence electrons. The van der Waals surface area contributed by atoms with Crippen LogP contribution in [0.2, 0.25) is 0 Å². The number of hydrogen-bond acceptors (Lipinski definition) is 3. The standard InChI is InChI=1S/C19H25N3O3/c20-18(24)21-19(8-9-19)17(23)22(15-3-1-2-4-15)12-13-5-6-16-14(11-13)7-10-25-16/h5-6,11,15H,1-4,7-10,12H2,(H3,20,21,24). The molecule has 2 saturated carbocycles. The smallest absolute Gasteiger partial charge is 0.313 e. The number of urea groups is 1. The maximum Gasteiger partial charge on any atom is 0.313 e. The molecule has 0 atom stereocenters. The summed E-state index contributed by atoms with van der Waals surface area (Å²) in [5.41, 5.74) is 6.86. The van der Waals surface area contributed by atoms with E-state index in [4.69, 9.17) is 10.5 Å². The molecule has 4 rings (SSSR count). The van der Waals surface area contributed by atoms with Crippen LogP contribution >= 0.6 is 0 Å². The van der Waals surface area contributed by atoms with Crippen LogP contribution in [0.25, 0.3) is 0 Å². The molecule has 0 bridgehead atoms. The van der Waals surface area contributed by atoms with Crippen LogP contribution < -0.4 is 15.8 Å². The lowest BCUT2D eigenvalue weighted by molar-refractivity contribution is -0.137. The minimum absolute atomic E-state index is 0.0231. The van der Waals surface area contributed by atoms with Crippen molar-refractivity contribution in [2.75, 3.05) is 6.61 Å². The summed E-state index contributed by atoms with van der Waals surface area (Å²) >= 11 is 0. The van der Waals surface area contributed by atoms with Crippen molar-refractivity contribution < 1.29 is 14.3 Å². The number of primary amides is 1. The molecular formula is C19H25N3O3. The first-order valence-electron chi connectivity index (χ1n) is 9.21. The molecule has 0 unspecified atom stereocenters. The van der Waals surface area contributed by atoms with Crippen molar-refractivity contribution >= 4 is 11.9 Å². The van der Waals surface area contributed by atoms with E-state index in [-0.39, 0.29) is 11.9 Å². The van der Waals surface area contributed by atoms with Gasteiger partial charge in [0, 0.05) is 19.0 Å².